The lowest BCUT2D eigenvalue weighted by Gasteiger charge is -2.08. The molecule has 0 radical (unpaired) electrons. The van der Waals surface area contributed by atoms with Crippen LogP contribution in [0.2, 0.25) is 5.02 Å². The van der Waals surface area contributed by atoms with E-state index >= 15 is 0 Å². The maximum atomic E-state index is 12.6. The summed E-state index contributed by atoms with van der Waals surface area (Å²) in [6.07, 6.45) is 0.768. The molecule has 4 nitrogen and oxygen atoms in total. The van der Waals surface area contributed by atoms with Gasteiger partial charge in [-0.25, -0.2) is 4.68 Å². The number of aromatic nitrogens is 2. The SMILES string of the molecule is Cc1nn(C(=O)CNc2ccccc2Cl)c(C)c1Cc1ccccc1. The number of para-hydroxylation sites is 1. The standard InChI is InChI=1S/C20H20ClN3O/c1-14-17(12-16-8-4-3-5-9-16)15(2)24(23-14)20(25)13-22-19-11-7-6-10-18(19)21/h3-11,22H,12-13H2,1-2H3. The Balaban J connectivity index is 1.75. The number of benzene rings is 2. The van der Waals surface area contributed by atoms with Crippen molar-refractivity contribution in [2.75, 3.05) is 11.9 Å². The van der Waals surface area contributed by atoms with Crippen molar-refractivity contribution in [2.24, 2.45) is 0 Å². The molecule has 0 fully saturated rings. The molecular weight excluding hydrogens is 334 g/mol. The molecule has 5 heteroatoms. The fraction of sp³-hybridized carbons (Fsp3) is 0.200. The first kappa shape index (κ1) is 17.2. The molecule has 0 amide bonds. The van der Waals surface area contributed by atoms with Crippen molar-refractivity contribution in [2.45, 2.75) is 20.3 Å². The summed E-state index contributed by atoms with van der Waals surface area (Å²) in [4.78, 5) is 12.6. The first-order valence-electron chi connectivity index (χ1n) is 8.17. The number of carbonyl (C=O) groups excluding carboxylic acids is 1. The fourth-order valence-corrected chi connectivity index (χ4v) is 3.03. The molecule has 0 atom stereocenters. The van der Waals surface area contributed by atoms with E-state index in [1.807, 2.05) is 50.2 Å². The van der Waals surface area contributed by atoms with E-state index in [1.165, 1.54) is 10.2 Å². The van der Waals surface area contributed by atoms with Crippen LogP contribution in [0.25, 0.3) is 0 Å². The zero-order valence-electron chi connectivity index (χ0n) is 14.3. The van der Waals surface area contributed by atoms with Gasteiger partial charge >= 0.3 is 0 Å². The van der Waals surface area contributed by atoms with Crippen LogP contribution in [0.1, 0.15) is 27.3 Å². The van der Waals surface area contributed by atoms with Crippen LogP contribution in [0.15, 0.2) is 54.6 Å². The van der Waals surface area contributed by atoms with E-state index in [0.29, 0.717) is 5.02 Å². The Labute approximate surface area is 152 Å². The van der Waals surface area contributed by atoms with Gasteiger partial charge in [-0.3, -0.25) is 4.79 Å². The van der Waals surface area contributed by atoms with E-state index in [-0.39, 0.29) is 12.5 Å². The minimum Gasteiger partial charge on any atom is -0.375 e. The van der Waals surface area contributed by atoms with E-state index in [2.05, 4.69) is 22.5 Å². The third kappa shape index (κ3) is 3.91. The summed E-state index contributed by atoms with van der Waals surface area (Å²) < 4.78 is 1.48. The van der Waals surface area contributed by atoms with Gasteiger partial charge in [-0.05, 0) is 31.5 Å². The molecule has 0 unspecified atom stereocenters. The van der Waals surface area contributed by atoms with Crippen molar-refractivity contribution in [1.82, 2.24) is 9.78 Å². The minimum absolute atomic E-state index is 0.111. The van der Waals surface area contributed by atoms with Crippen LogP contribution in [-0.2, 0) is 6.42 Å². The number of hydrogen-bond donors (Lipinski definition) is 1. The van der Waals surface area contributed by atoms with Crippen LogP contribution in [0, 0.1) is 13.8 Å². The maximum absolute atomic E-state index is 12.6. The summed E-state index contributed by atoms with van der Waals surface area (Å²) in [7, 11) is 0. The fourth-order valence-electron chi connectivity index (χ4n) is 2.82. The van der Waals surface area contributed by atoms with E-state index in [4.69, 9.17) is 11.6 Å². The van der Waals surface area contributed by atoms with Crippen LogP contribution in [0.5, 0.6) is 0 Å². The highest BCUT2D eigenvalue weighted by Gasteiger charge is 2.16. The van der Waals surface area contributed by atoms with E-state index < -0.39 is 0 Å². The summed E-state index contributed by atoms with van der Waals surface area (Å²) >= 11 is 6.11. The average Bonchev–Trinajstić information content (AvgIpc) is 2.90. The molecule has 0 aliphatic heterocycles. The van der Waals surface area contributed by atoms with Crippen LogP contribution in [0.4, 0.5) is 5.69 Å². The zero-order chi connectivity index (χ0) is 17.8. The third-order valence-electron chi connectivity index (χ3n) is 4.21. The molecule has 0 saturated heterocycles. The molecule has 0 aliphatic carbocycles. The lowest BCUT2D eigenvalue weighted by Crippen LogP contribution is -2.23. The lowest BCUT2D eigenvalue weighted by molar-refractivity contribution is 0.0910. The maximum Gasteiger partial charge on any atom is 0.266 e. The van der Waals surface area contributed by atoms with Crippen molar-refractivity contribution in [3.63, 3.8) is 0 Å². The van der Waals surface area contributed by atoms with Gasteiger partial charge in [0, 0.05) is 17.7 Å². The molecule has 128 valence electrons. The van der Waals surface area contributed by atoms with Gasteiger partial charge in [-0.1, -0.05) is 54.1 Å². The van der Waals surface area contributed by atoms with Gasteiger partial charge in [0.15, 0.2) is 0 Å². The molecule has 0 aliphatic rings. The molecule has 0 bridgehead atoms. The summed E-state index contributed by atoms with van der Waals surface area (Å²) in [6.45, 7) is 4.01. The first-order chi connectivity index (χ1) is 12.1. The second kappa shape index (κ2) is 7.53. The summed E-state index contributed by atoms with van der Waals surface area (Å²) in [5.41, 5.74) is 4.80. The van der Waals surface area contributed by atoms with Crippen LogP contribution in [-0.4, -0.2) is 22.2 Å². The Morgan fingerprint density at radius 1 is 1.08 bits per heavy atom. The van der Waals surface area contributed by atoms with Crippen molar-refractivity contribution in [3.8, 4) is 0 Å². The van der Waals surface area contributed by atoms with Gasteiger partial charge in [0.05, 0.1) is 22.9 Å². The molecule has 1 aromatic heterocycles. The number of aryl methyl sites for hydroxylation is 1. The number of rotatable bonds is 5. The molecule has 1 N–H and O–H groups in total. The van der Waals surface area contributed by atoms with E-state index in [9.17, 15) is 4.79 Å². The van der Waals surface area contributed by atoms with Crippen molar-refractivity contribution >= 4 is 23.2 Å². The molecule has 2 aromatic carbocycles. The minimum atomic E-state index is -0.111. The number of carbonyl (C=O) groups is 1. The Bertz CT molecular complexity index is 887. The third-order valence-corrected chi connectivity index (χ3v) is 4.53. The molecule has 0 spiro atoms. The predicted octanol–water partition coefficient (Wildman–Crippen LogP) is 4.50. The largest absolute Gasteiger partial charge is 0.375 e. The Morgan fingerprint density at radius 3 is 2.48 bits per heavy atom. The van der Waals surface area contributed by atoms with Crippen LogP contribution >= 0.6 is 11.6 Å². The van der Waals surface area contributed by atoms with Crippen molar-refractivity contribution in [3.05, 3.63) is 82.1 Å². The van der Waals surface area contributed by atoms with Crippen LogP contribution in [0.3, 0.4) is 0 Å². The summed E-state index contributed by atoms with van der Waals surface area (Å²) in [6, 6.07) is 17.6. The van der Waals surface area contributed by atoms with Gasteiger partial charge in [0.2, 0.25) is 0 Å². The highest BCUT2D eigenvalue weighted by atomic mass is 35.5. The highest BCUT2D eigenvalue weighted by molar-refractivity contribution is 6.33. The zero-order valence-corrected chi connectivity index (χ0v) is 15.0. The lowest BCUT2D eigenvalue weighted by atomic mass is 10.0. The molecule has 1 heterocycles. The van der Waals surface area contributed by atoms with Crippen molar-refractivity contribution in [1.29, 1.82) is 0 Å². The number of nitrogens with one attached hydrogen (secondary N) is 1. The first-order valence-corrected chi connectivity index (χ1v) is 8.54. The number of hydrogen-bond acceptors (Lipinski definition) is 3. The monoisotopic (exact) mass is 353 g/mol. The van der Waals surface area contributed by atoms with Gasteiger partial charge in [-0.2, -0.15) is 5.10 Å². The summed E-state index contributed by atoms with van der Waals surface area (Å²) in [5, 5.41) is 8.10. The highest BCUT2D eigenvalue weighted by Crippen LogP contribution is 2.21. The Morgan fingerprint density at radius 2 is 1.76 bits per heavy atom. The molecule has 25 heavy (non-hydrogen) atoms. The number of halogens is 1. The Hall–Kier alpha value is -2.59. The molecule has 0 saturated carbocycles. The van der Waals surface area contributed by atoms with Gasteiger partial charge in [0.1, 0.15) is 0 Å². The molecule has 3 aromatic rings. The van der Waals surface area contributed by atoms with E-state index in [0.717, 1.165) is 29.1 Å². The Kier molecular flexibility index (Phi) is 5.19. The van der Waals surface area contributed by atoms with Crippen LogP contribution < -0.4 is 5.32 Å². The second-order valence-electron chi connectivity index (χ2n) is 5.95. The predicted molar refractivity (Wildman–Crippen MR) is 102 cm³/mol. The summed E-state index contributed by atoms with van der Waals surface area (Å²) in [5.74, 6) is -0.111. The molecule has 3 rings (SSSR count). The normalized spacial score (nSPS) is 10.7. The van der Waals surface area contributed by atoms with Gasteiger partial charge in [-0.15, -0.1) is 0 Å². The number of anilines is 1. The van der Waals surface area contributed by atoms with Crippen molar-refractivity contribution < 1.29 is 4.79 Å². The quantitative estimate of drug-likeness (QED) is 0.734. The van der Waals surface area contributed by atoms with Gasteiger partial charge in [0.25, 0.3) is 5.91 Å². The topological polar surface area (TPSA) is 46.9 Å². The number of nitrogens with zero attached hydrogens (tertiary/aromatic N) is 2. The smallest absolute Gasteiger partial charge is 0.266 e. The molecular formula is C20H20ClN3O. The van der Waals surface area contributed by atoms with Gasteiger partial charge < -0.3 is 5.32 Å². The van der Waals surface area contributed by atoms with E-state index in [1.54, 1.807) is 6.07 Å². The average molecular weight is 354 g/mol. The second-order valence-corrected chi connectivity index (χ2v) is 6.36.